The van der Waals surface area contributed by atoms with Crippen LogP contribution in [-0.4, -0.2) is 41.1 Å². The summed E-state index contributed by atoms with van der Waals surface area (Å²) in [7, 11) is -2.60. The zero-order valence-corrected chi connectivity index (χ0v) is 20.1. The normalized spacial score (nSPS) is 14.1. The monoisotopic (exact) mass is 490 g/mol. The molecule has 35 heavy (non-hydrogen) atoms. The van der Waals surface area contributed by atoms with Crippen LogP contribution in [0, 0.1) is 0 Å². The number of hydrogen-bond acceptors (Lipinski definition) is 5. The Labute approximate surface area is 205 Å². The summed E-state index contributed by atoms with van der Waals surface area (Å²) in [6, 6.07) is 23.3. The van der Waals surface area contributed by atoms with Crippen LogP contribution in [0.3, 0.4) is 0 Å². The third kappa shape index (κ3) is 4.93. The summed E-state index contributed by atoms with van der Waals surface area (Å²) < 4.78 is 39.5. The Hall–Kier alpha value is -4.04. The molecule has 0 bridgehead atoms. The van der Waals surface area contributed by atoms with Crippen LogP contribution in [0.2, 0.25) is 0 Å². The van der Waals surface area contributed by atoms with E-state index in [0.29, 0.717) is 33.9 Å². The van der Waals surface area contributed by atoms with Crippen molar-refractivity contribution in [1.82, 2.24) is 5.32 Å². The molecule has 0 saturated heterocycles. The van der Waals surface area contributed by atoms with Crippen molar-refractivity contribution in [3.05, 3.63) is 108 Å². The number of ether oxygens (including phenoxy) is 2. The molecule has 1 aliphatic rings. The Bertz CT molecular complexity index is 1370. The zero-order valence-electron chi connectivity index (χ0n) is 19.3. The molecule has 0 spiro atoms. The number of nitrogens with one attached hydrogen (secondary N) is 1. The molecule has 0 unspecified atom stereocenters. The second-order valence-electron chi connectivity index (χ2n) is 7.70. The van der Waals surface area contributed by atoms with Crippen molar-refractivity contribution in [3.63, 3.8) is 0 Å². The average molecular weight is 491 g/mol. The van der Waals surface area contributed by atoms with E-state index in [2.05, 4.69) is 11.9 Å². The first-order valence-electron chi connectivity index (χ1n) is 11.0. The highest BCUT2D eigenvalue weighted by Crippen LogP contribution is 2.42. The molecule has 0 saturated carbocycles. The highest BCUT2D eigenvalue weighted by molar-refractivity contribution is 7.97. The predicted molar refractivity (Wildman–Crippen MR) is 137 cm³/mol. The fraction of sp³-hybridized carbons (Fsp3) is 0.148. The van der Waals surface area contributed by atoms with E-state index in [9.17, 15) is 13.2 Å². The number of hydrogen-bond donors (Lipinski definition) is 1. The number of benzene rings is 3. The van der Waals surface area contributed by atoms with Gasteiger partial charge in [-0.2, -0.15) is 0 Å². The van der Waals surface area contributed by atoms with Gasteiger partial charge in [0.15, 0.2) is 4.91 Å². The Balaban J connectivity index is 1.67. The van der Waals surface area contributed by atoms with Crippen molar-refractivity contribution in [2.75, 3.05) is 31.1 Å². The van der Waals surface area contributed by atoms with Crippen LogP contribution in [0.4, 0.5) is 5.69 Å². The van der Waals surface area contributed by atoms with Gasteiger partial charge in [-0.3, -0.25) is 9.10 Å². The van der Waals surface area contributed by atoms with Gasteiger partial charge in [0.05, 0.1) is 25.9 Å². The summed E-state index contributed by atoms with van der Waals surface area (Å²) in [6.07, 6.45) is 1.50. The Morgan fingerprint density at radius 2 is 1.71 bits per heavy atom. The number of para-hydroxylation sites is 1. The summed E-state index contributed by atoms with van der Waals surface area (Å²) in [5, 5.41) is 2.72. The van der Waals surface area contributed by atoms with Crippen LogP contribution in [0.15, 0.2) is 96.4 Å². The third-order valence-corrected chi connectivity index (χ3v) is 7.31. The van der Waals surface area contributed by atoms with E-state index in [1.807, 2.05) is 30.3 Å². The van der Waals surface area contributed by atoms with Crippen LogP contribution in [0.5, 0.6) is 11.5 Å². The Morgan fingerprint density at radius 3 is 2.46 bits per heavy atom. The lowest BCUT2D eigenvalue weighted by molar-refractivity contribution is -0.116. The minimum absolute atomic E-state index is 0.0388. The van der Waals surface area contributed by atoms with Gasteiger partial charge < -0.3 is 14.8 Å². The van der Waals surface area contributed by atoms with Gasteiger partial charge in [0.25, 0.3) is 15.9 Å². The van der Waals surface area contributed by atoms with Gasteiger partial charge in [0.1, 0.15) is 18.1 Å². The van der Waals surface area contributed by atoms with Gasteiger partial charge in [0.2, 0.25) is 0 Å². The first kappa shape index (κ1) is 24.1. The van der Waals surface area contributed by atoms with E-state index in [1.54, 1.807) is 55.6 Å². The van der Waals surface area contributed by atoms with E-state index < -0.39 is 15.9 Å². The number of carbonyl (C=O) groups is 1. The lowest BCUT2D eigenvalue weighted by atomic mass is 9.95. The van der Waals surface area contributed by atoms with Crippen molar-refractivity contribution in [2.24, 2.45) is 0 Å². The van der Waals surface area contributed by atoms with Gasteiger partial charge in [-0.25, -0.2) is 8.42 Å². The number of anilines is 1. The van der Waals surface area contributed by atoms with Crippen molar-refractivity contribution in [3.8, 4) is 11.5 Å². The van der Waals surface area contributed by atoms with E-state index in [-0.39, 0.29) is 24.6 Å². The third-order valence-electron chi connectivity index (χ3n) is 5.48. The quantitative estimate of drug-likeness (QED) is 0.362. The Morgan fingerprint density at radius 1 is 1.00 bits per heavy atom. The maximum Gasteiger partial charge on any atom is 0.270 e. The lowest BCUT2D eigenvalue weighted by Crippen LogP contribution is -2.42. The number of carbonyl (C=O) groups excluding carboxylic acids is 1. The molecule has 0 radical (unpaired) electrons. The van der Waals surface area contributed by atoms with Crippen molar-refractivity contribution >= 4 is 27.2 Å². The SMILES string of the molecule is C=CCN1c2ccccc2C(c2ccccc2)=C(C(=O)NCCOc2cccc(OC)c2)S1(=O)=O. The molecule has 1 N–H and O–H groups in total. The zero-order chi connectivity index (χ0) is 24.8. The number of methoxy groups -OCH3 is 1. The summed E-state index contributed by atoms with van der Waals surface area (Å²) >= 11 is 0. The highest BCUT2D eigenvalue weighted by atomic mass is 32.2. The Kier molecular flexibility index (Phi) is 7.22. The summed E-state index contributed by atoms with van der Waals surface area (Å²) in [5.74, 6) is 0.541. The summed E-state index contributed by atoms with van der Waals surface area (Å²) in [5.41, 5.74) is 2.17. The minimum atomic E-state index is -4.16. The molecule has 0 aromatic heterocycles. The number of fused-ring (bicyclic) bond motifs is 1. The van der Waals surface area contributed by atoms with Crippen LogP contribution in [-0.2, 0) is 14.8 Å². The van der Waals surface area contributed by atoms with E-state index in [4.69, 9.17) is 9.47 Å². The molecule has 7 nitrogen and oxygen atoms in total. The van der Waals surface area contributed by atoms with Gasteiger partial charge in [0, 0.05) is 17.2 Å². The van der Waals surface area contributed by atoms with E-state index in [1.165, 1.54) is 10.4 Å². The van der Waals surface area contributed by atoms with Gasteiger partial charge in [-0.05, 0) is 23.8 Å². The molecule has 0 atom stereocenters. The van der Waals surface area contributed by atoms with Crippen molar-refractivity contribution in [1.29, 1.82) is 0 Å². The van der Waals surface area contributed by atoms with Gasteiger partial charge in [-0.1, -0.05) is 60.7 Å². The molecule has 1 heterocycles. The van der Waals surface area contributed by atoms with Gasteiger partial charge in [-0.15, -0.1) is 6.58 Å². The molecule has 0 fully saturated rings. The lowest BCUT2D eigenvalue weighted by Gasteiger charge is -2.32. The molecule has 1 amide bonds. The molecule has 0 aliphatic carbocycles. The molecule has 1 aliphatic heterocycles. The molecule has 8 heteroatoms. The maximum atomic E-state index is 13.7. The smallest absolute Gasteiger partial charge is 0.270 e. The topological polar surface area (TPSA) is 84.9 Å². The fourth-order valence-electron chi connectivity index (χ4n) is 3.93. The van der Waals surface area contributed by atoms with Gasteiger partial charge >= 0.3 is 0 Å². The minimum Gasteiger partial charge on any atom is -0.497 e. The van der Waals surface area contributed by atoms with Crippen molar-refractivity contribution < 1.29 is 22.7 Å². The van der Waals surface area contributed by atoms with Crippen LogP contribution < -0.4 is 19.1 Å². The average Bonchev–Trinajstić information content (AvgIpc) is 2.88. The largest absolute Gasteiger partial charge is 0.497 e. The highest BCUT2D eigenvalue weighted by Gasteiger charge is 2.40. The standard InChI is InChI=1S/C27H26N2O5S/c1-3-17-29-24-15-8-7-14-23(24)25(20-10-5-4-6-11-20)26(35(29,31)32)27(30)28-16-18-34-22-13-9-12-21(19-22)33-2/h3-15,19H,1,16-18H2,2H3,(H,28,30). The molecule has 3 aromatic carbocycles. The van der Waals surface area contributed by atoms with Crippen LogP contribution in [0.25, 0.3) is 5.57 Å². The first-order valence-corrected chi connectivity index (χ1v) is 12.5. The van der Waals surface area contributed by atoms with Crippen molar-refractivity contribution in [2.45, 2.75) is 0 Å². The molecular weight excluding hydrogens is 464 g/mol. The predicted octanol–water partition coefficient (Wildman–Crippen LogP) is 3.99. The maximum absolute atomic E-state index is 13.7. The number of nitrogens with zero attached hydrogens (tertiary/aromatic N) is 1. The fourth-order valence-corrected chi connectivity index (χ4v) is 5.67. The number of amides is 1. The second-order valence-corrected chi connectivity index (χ2v) is 9.49. The molecular formula is C27H26N2O5S. The molecule has 180 valence electrons. The summed E-state index contributed by atoms with van der Waals surface area (Å²) in [4.78, 5) is 13.1. The first-order chi connectivity index (χ1) is 17.0. The summed E-state index contributed by atoms with van der Waals surface area (Å²) in [6.45, 7) is 4.00. The second kappa shape index (κ2) is 10.5. The number of sulfonamides is 1. The molecule has 4 rings (SSSR count). The van der Waals surface area contributed by atoms with Crippen LogP contribution in [0.1, 0.15) is 11.1 Å². The number of rotatable bonds is 9. The van der Waals surface area contributed by atoms with Crippen LogP contribution >= 0.6 is 0 Å². The van der Waals surface area contributed by atoms with E-state index in [0.717, 1.165) is 0 Å². The molecule has 3 aromatic rings. The van der Waals surface area contributed by atoms with E-state index >= 15 is 0 Å².